The van der Waals surface area contributed by atoms with Crippen molar-refractivity contribution < 1.29 is 4.74 Å². The Morgan fingerprint density at radius 1 is 1.14 bits per heavy atom. The third-order valence-electron chi connectivity index (χ3n) is 4.07. The maximum absolute atomic E-state index is 6.45. The summed E-state index contributed by atoms with van der Waals surface area (Å²) in [5, 5.41) is 4.17. The largest absolute Gasteiger partial charge is 0.497 e. The number of benzene rings is 2. The third-order valence-corrected chi connectivity index (χ3v) is 4.07. The molecule has 0 atom stereocenters. The number of aromatic nitrogens is 1. The highest BCUT2D eigenvalue weighted by Crippen LogP contribution is 2.37. The van der Waals surface area contributed by atoms with Gasteiger partial charge in [-0.05, 0) is 37.3 Å². The second kappa shape index (κ2) is 5.64. The van der Waals surface area contributed by atoms with Gasteiger partial charge in [-0.3, -0.25) is 0 Å². The van der Waals surface area contributed by atoms with Gasteiger partial charge >= 0.3 is 0 Å². The molecule has 3 aromatic rings. The monoisotopic (exact) mass is 295 g/mol. The van der Waals surface area contributed by atoms with Gasteiger partial charge in [-0.2, -0.15) is 0 Å². The van der Waals surface area contributed by atoms with E-state index in [1.165, 1.54) is 0 Å². The molecule has 2 aromatic carbocycles. The van der Waals surface area contributed by atoms with Crippen molar-refractivity contribution in [2.75, 3.05) is 25.2 Å². The molecule has 4 nitrogen and oxygen atoms in total. The summed E-state index contributed by atoms with van der Waals surface area (Å²) < 4.78 is 7.57. The number of fused-ring (bicyclic) bond motifs is 1. The number of methoxy groups -OCH3 is 1. The van der Waals surface area contributed by atoms with Gasteiger partial charge in [0.25, 0.3) is 0 Å². The van der Waals surface area contributed by atoms with E-state index in [-0.39, 0.29) is 0 Å². The number of nitrogens with zero attached hydrogens (tertiary/aromatic N) is 1. The summed E-state index contributed by atoms with van der Waals surface area (Å²) in [5.74, 6) is 0.824. The van der Waals surface area contributed by atoms with Gasteiger partial charge in [-0.15, -0.1) is 0 Å². The van der Waals surface area contributed by atoms with E-state index in [0.29, 0.717) is 0 Å². The quantitative estimate of drug-likeness (QED) is 0.766. The SMILES string of the molecule is CCn1c(-c2ccc(NC)cc2)c(N)c2cc(OC)ccc21. The molecule has 4 heteroatoms. The summed E-state index contributed by atoms with van der Waals surface area (Å²) in [5.41, 5.74) is 11.7. The van der Waals surface area contributed by atoms with Crippen LogP contribution in [0.25, 0.3) is 22.2 Å². The van der Waals surface area contributed by atoms with Crippen molar-refractivity contribution in [1.82, 2.24) is 4.57 Å². The molecule has 0 bridgehead atoms. The first kappa shape index (κ1) is 14.3. The molecule has 0 aliphatic carbocycles. The second-order valence-corrected chi connectivity index (χ2v) is 5.22. The van der Waals surface area contributed by atoms with E-state index in [2.05, 4.69) is 47.1 Å². The lowest BCUT2D eigenvalue weighted by atomic mass is 10.1. The molecular weight excluding hydrogens is 274 g/mol. The lowest BCUT2D eigenvalue weighted by Crippen LogP contribution is -1.98. The first-order chi connectivity index (χ1) is 10.7. The number of nitrogen functional groups attached to an aromatic ring is 1. The van der Waals surface area contributed by atoms with Crippen LogP contribution in [0.4, 0.5) is 11.4 Å². The Labute approximate surface area is 130 Å². The van der Waals surface area contributed by atoms with Crippen molar-refractivity contribution in [3.63, 3.8) is 0 Å². The first-order valence-electron chi connectivity index (χ1n) is 7.43. The van der Waals surface area contributed by atoms with Gasteiger partial charge < -0.3 is 20.4 Å². The van der Waals surface area contributed by atoms with Crippen LogP contribution in [0.3, 0.4) is 0 Å². The highest BCUT2D eigenvalue weighted by molar-refractivity contribution is 6.01. The number of nitrogens with two attached hydrogens (primary N) is 1. The molecule has 0 fully saturated rings. The van der Waals surface area contributed by atoms with Crippen molar-refractivity contribution in [3.05, 3.63) is 42.5 Å². The first-order valence-corrected chi connectivity index (χ1v) is 7.43. The Kier molecular flexibility index (Phi) is 3.67. The minimum Gasteiger partial charge on any atom is -0.497 e. The molecule has 1 heterocycles. The maximum Gasteiger partial charge on any atom is 0.119 e. The number of aryl methyl sites for hydroxylation is 1. The summed E-state index contributed by atoms with van der Waals surface area (Å²) in [6.45, 7) is 3.00. The molecule has 0 amide bonds. The summed E-state index contributed by atoms with van der Waals surface area (Å²) in [7, 11) is 3.59. The molecule has 0 spiro atoms. The fraction of sp³-hybridized carbons (Fsp3) is 0.222. The topological polar surface area (TPSA) is 52.2 Å². The van der Waals surface area contributed by atoms with Gasteiger partial charge in [0.15, 0.2) is 0 Å². The molecule has 3 rings (SSSR count). The number of nitrogens with one attached hydrogen (secondary N) is 1. The Morgan fingerprint density at radius 3 is 2.45 bits per heavy atom. The van der Waals surface area contributed by atoms with Crippen LogP contribution in [0.15, 0.2) is 42.5 Å². The fourth-order valence-corrected chi connectivity index (χ4v) is 2.92. The van der Waals surface area contributed by atoms with Crippen molar-refractivity contribution >= 4 is 22.3 Å². The van der Waals surface area contributed by atoms with Gasteiger partial charge in [-0.1, -0.05) is 12.1 Å². The van der Waals surface area contributed by atoms with Crippen molar-refractivity contribution in [2.45, 2.75) is 13.5 Å². The average Bonchev–Trinajstić information content (AvgIpc) is 2.86. The molecule has 0 saturated heterocycles. The normalized spacial score (nSPS) is 10.9. The van der Waals surface area contributed by atoms with Crippen LogP contribution in [0.5, 0.6) is 5.75 Å². The summed E-state index contributed by atoms with van der Waals surface area (Å²) in [6.07, 6.45) is 0. The zero-order chi connectivity index (χ0) is 15.7. The van der Waals surface area contributed by atoms with Crippen LogP contribution in [-0.2, 0) is 6.54 Å². The molecule has 1 aromatic heterocycles. The van der Waals surface area contributed by atoms with E-state index >= 15 is 0 Å². The standard InChI is InChI=1S/C18H21N3O/c1-4-21-16-10-9-14(22-3)11-15(16)17(19)18(21)12-5-7-13(20-2)8-6-12/h5-11,20H,4,19H2,1-3H3. The maximum atomic E-state index is 6.45. The number of rotatable bonds is 4. The molecule has 0 radical (unpaired) electrons. The minimum absolute atomic E-state index is 0.799. The summed E-state index contributed by atoms with van der Waals surface area (Å²) in [6, 6.07) is 14.4. The van der Waals surface area contributed by atoms with E-state index in [9.17, 15) is 0 Å². The van der Waals surface area contributed by atoms with Gasteiger partial charge in [0, 0.05) is 30.2 Å². The van der Waals surface area contributed by atoms with E-state index < -0.39 is 0 Å². The number of hydrogen-bond donors (Lipinski definition) is 2. The minimum atomic E-state index is 0.799. The Morgan fingerprint density at radius 2 is 1.86 bits per heavy atom. The molecular formula is C18H21N3O. The van der Waals surface area contributed by atoms with Crippen molar-refractivity contribution in [2.24, 2.45) is 0 Å². The van der Waals surface area contributed by atoms with E-state index in [1.54, 1.807) is 7.11 Å². The van der Waals surface area contributed by atoms with E-state index in [0.717, 1.165) is 45.8 Å². The van der Waals surface area contributed by atoms with Crippen LogP contribution in [0.1, 0.15) is 6.92 Å². The zero-order valence-electron chi connectivity index (χ0n) is 13.2. The predicted octanol–water partition coefficient (Wildman–Crippen LogP) is 3.96. The smallest absolute Gasteiger partial charge is 0.119 e. The number of anilines is 2. The van der Waals surface area contributed by atoms with Gasteiger partial charge in [0.2, 0.25) is 0 Å². The average molecular weight is 295 g/mol. The Hall–Kier alpha value is -2.62. The molecule has 114 valence electrons. The lowest BCUT2D eigenvalue weighted by molar-refractivity contribution is 0.415. The van der Waals surface area contributed by atoms with Gasteiger partial charge in [0.1, 0.15) is 5.75 Å². The van der Waals surface area contributed by atoms with Gasteiger partial charge in [-0.25, -0.2) is 0 Å². The summed E-state index contributed by atoms with van der Waals surface area (Å²) >= 11 is 0. The van der Waals surface area contributed by atoms with Crippen molar-refractivity contribution in [3.8, 4) is 17.0 Å². The van der Waals surface area contributed by atoms with E-state index in [4.69, 9.17) is 10.5 Å². The third kappa shape index (κ3) is 2.17. The van der Waals surface area contributed by atoms with Crippen molar-refractivity contribution in [1.29, 1.82) is 0 Å². The number of hydrogen-bond acceptors (Lipinski definition) is 3. The predicted molar refractivity (Wildman–Crippen MR) is 93.6 cm³/mol. The molecule has 22 heavy (non-hydrogen) atoms. The lowest BCUT2D eigenvalue weighted by Gasteiger charge is -2.10. The van der Waals surface area contributed by atoms with Crippen LogP contribution >= 0.6 is 0 Å². The Bertz CT molecular complexity index is 803. The van der Waals surface area contributed by atoms with E-state index in [1.807, 2.05) is 19.2 Å². The molecule has 3 N–H and O–H groups in total. The van der Waals surface area contributed by atoms with Crippen LogP contribution < -0.4 is 15.8 Å². The molecule has 0 aliphatic heterocycles. The summed E-state index contributed by atoms with van der Waals surface area (Å²) in [4.78, 5) is 0. The Balaban J connectivity index is 2.25. The zero-order valence-corrected chi connectivity index (χ0v) is 13.2. The highest BCUT2D eigenvalue weighted by atomic mass is 16.5. The molecule has 0 unspecified atom stereocenters. The van der Waals surface area contributed by atoms with Crippen LogP contribution in [0, 0.1) is 0 Å². The molecule has 0 saturated carbocycles. The molecule has 0 aliphatic rings. The second-order valence-electron chi connectivity index (χ2n) is 5.22. The van der Waals surface area contributed by atoms with Crippen LogP contribution in [0.2, 0.25) is 0 Å². The highest BCUT2D eigenvalue weighted by Gasteiger charge is 2.16. The van der Waals surface area contributed by atoms with Gasteiger partial charge in [0.05, 0.1) is 24.0 Å². The van der Waals surface area contributed by atoms with Crippen LogP contribution in [-0.4, -0.2) is 18.7 Å². The number of ether oxygens (including phenoxy) is 1. The fourth-order valence-electron chi connectivity index (χ4n) is 2.92.